The molecule has 1 aliphatic rings. The maximum atomic E-state index is 5.63. The zero-order chi connectivity index (χ0) is 16.8. The Morgan fingerprint density at radius 1 is 1.00 bits per heavy atom. The van der Waals surface area contributed by atoms with Crippen LogP contribution in [0.5, 0.6) is 0 Å². The van der Waals surface area contributed by atoms with Crippen molar-refractivity contribution in [3.63, 3.8) is 0 Å². The predicted molar refractivity (Wildman–Crippen MR) is 99.8 cm³/mol. The highest BCUT2D eigenvalue weighted by Gasteiger charge is 2.28. The molecule has 0 bridgehead atoms. The van der Waals surface area contributed by atoms with Crippen LogP contribution in [-0.2, 0) is 4.74 Å². The van der Waals surface area contributed by atoms with Crippen LogP contribution in [0.4, 0.5) is 0 Å². The van der Waals surface area contributed by atoms with Crippen LogP contribution in [0.15, 0.2) is 73.0 Å². The van der Waals surface area contributed by atoms with Gasteiger partial charge in [-0.25, -0.2) is 0 Å². The SMILES string of the molecule is C=C(OCC)C1CCN(C(c2ccccc2)c2ccccc2)CC1. The summed E-state index contributed by atoms with van der Waals surface area (Å²) in [7, 11) is 0. The lowest BCUT2D eigenvalue weighted by Crippen LogP contribution is -2.37. The largest absolute Gasteiger partial charge is 0.499 e. The monoisotopic (exact) mass is 321 g/mol. The van der Waals surface area contributed by atoms with Crippen LogP contribution in [0.1, 0.15) is 36.9 Å². The summed E-state index contributed by atoms with van der Waals surface area (Å²) in [6.07, 6.45) is 2.24. The Balaban J connectivity index is 1.77. The number of allylic oxidation sites excluding steroid dienone is 1. The van der Waals surface area contributed by atoms with Gasteiger partial charge in [-0.15, -0.1) is 0 Å². The zero-order valence-electron chi connectivity index (χ0n) is 14.5. The molecule has 126 valence electrons. The van der Waals surface area contributed by atoms with Gasteiger partial charge in [0.1, 0.15) is 0 Å². The molecule has 1 aliphatic heterocycles. The van der Waals surface area contributed by atoms with Gasteiger partial charge in [0.25, 0.3) is 0 Å². The molecule has 3 rings (SSSR count). The molecule has 0 N–H and O–H groups in total. The molecule has 0 aliphatic carbocycles. The molecule has 0 unspecified atom stereocenters. The van der Waals surface area contributed by atoms with Crippen molar-refractivity contribution in [2.45, 2.75) is 25.8 Å². The molecule has 1 saturated heterocycles. The van der Waals surface area contributed by atoms with E-state index in [9.17, 15) is 0 Å². The molecular formula is C22H27NO. The first-order valence-electron chi connectivity index (χ1n) is 8.95. The lowest BCUT2D eigenvalue weighted by atomic mass is 9.90. The quantitative estimate of drug-likeness (QED) is 0.691. The van der Waals surface area contributed by atoms with E-state index in [2.05, 4.69) is 72.1 Å². The Morgan fingerprint density at radius 3 is 1.96 bits per heavy atom. The third kappa shape index (κ3) is 3.88. The number of piperidine rings is 1. The van der Waals surface area contributed by atoms with Crippen molar-refractivity contribution in [3.05, 3.63) is 84.1 Å². The second kappa shape index (κ2) is 8.16. The van der Waals surface area contributed by atoms with Gasteiger partial charge in [0.15, 0.2) is 0 Å². The Kier molecular flexibility index (Phi) is 5.71. The van der Waals surface area contributed by atoms with Crippen molar-refractivity contribution >= 4 is 0 Å². The molecule has 0 aromatic heterocycles. The van der Waals surface area contributed by atoms with E-state index < -0.39 is 0 Å². The second-order valence-electron chi connectivity index (χ2n) is 6.43. The van der Waals surface area contributed by atoms with Gasteiger partial charge in [-0.05, 0) is 44.0 Å². The molecule has 0 saturated carbocycles. The van der Waals surface area contributed by atoms with E-state index in [0.29, 0.717) is 12.0 Å². The van der Waals surface area contributed by atoms with E-state index in [1.807, 2.05) is 6.92 Å². The highest BCUT2D eigenvalue weighted by atomic mass is 16.5. The van der Waals surface area contributed by atoms with Crippen LogP contribution in [0.25, 0.3) is 0 Å². The molecule has 0 amide bonds. The van der Waals surface area contributed by atoms with E-state index in [1.165, 1.54) is 11.1 Å². The van der Waals surface area contributed by atoms with Crippen molar-refractivity contribution in [2.24, 2.45) is 5.92 Å². The summed E-state index contributed by atoms with van der Waals surface area (Å²) in [4.78, 5) is 2.60. The summed E-state index contributed by atoms with van der Waals surface area (Å²) in [5, 5.41) is 0. The van der Waals surface area contributed by atoms with Crippen molar-refractivity contribution in [3.8, 4) is 0 Å². The van der Waals surface area contributed by atoms with E-state index in [1.54, 1.807) is 0 Å². The van der Waals surface area contributed by atoms with Gasteiger partial charge in [-0.3, -0.25) is 4.90 Å². The van der Waals surface area contributed by atoms with Crippen LogP contribution in [0, 0.1) is 5.92 Å². The highest BCUT2D eigenvalue weighted by molar-refractivity contribution is 5.32. The topological polar surface area (TPSA) is 12.5 Å². The number of rotatable bonds is 6. The fourth-order valence-corrected chi connectivity index (χ4v) is 3.67. The smallest absolute Gasteiger partial charge is 0.0919 e. The number of ether oxygens (including phenoxy) is 1. The fourth-order valence-electron chi connectivity index (χ4n) is 3.67. The molecule has 2 aromatic carbocycles. The molecule has 0 radical (unpaired) electrons. The van der Waals surface area contributed by atoms with Crippen LogP contribution in [0.3, 0.4) is 0 Å². The van der Waals surface area contributed by atoms with Gasteiger partial charge in [0.05, 0.1) is 18.4 Å². The van der Waals surface area contributed by atoms with Crippen LogP contribution >= 0.6 is 0 Å². The van der Waals surface area contributed by atoms with E-state index in [4.69, 9.17) is 4.74 Å². The summed E-state index contributed by atoms with van der Waals surface area (Å²) in [6.45, 7) is 9.01. The molecule has 0 spiro atoms. The lowest BCUT2D eigenvalue weighted by molar-refractivity contribution is 0.119. The van der Waals surface area contributed by atoms with Crippen molar-refractivity contribution < 1.29 is 4.74 Å². The molecule has 1 fully saturated rings. The third-order valence-electron chi connectivity index (χ3n) is 4.91. The molecule has 2 aromatic rings. The van der Waals surface area contributed by atoms with Crippen LogP contribution < -0.4 is 0 Å². The van der Waals surface area contributed by atoms with E-state index in [-0.39, 0.29) is 0 Å². The first kappa shape index (κ1) is 16.8. The summed E-state index contributed by atoms with van der Waals surface area (Å²) < 4.78 is 5.63. The number of hydrogen-bond donors (Lipinski definition) is 0. The van der Waals surface area contributed by atoms with Gasteiger partial charge in [-0.2, -0.15) is 0 Å². The lowest BCUT2D eigenvalue weighted by Gasteiger charge is -2.38. The van der Waals surface area contributed by atoms with Crippen LogP contribution in [-0.4, -0.2) is 24.6 Å². The van der Waals surface area contributed by atoms with Gasteiger partial charge < -0.3 is 4.74 Å². The van der Waals surface area contributed by atoms with E-state index >= 15 is 0 Å². The molecule has 2 nitrogen and oxygen atoms in total. The van der Waals surface area contributed by atoms with Crippen LogP contribution in [0.2, 0.25) is 0 Å². The first-order valence-corrected chi connectivity index (χ1v) is 8.95. The van der Waals surface area contributed by atoms with Gasteiger partial charge in [0.2, 0.25) is 0 Å². The third-order valence-corrected chi connectivity index (χ3v) is 4.91. The summed E-state index contributed by atoms with van der Waals surface area (Å²) in [5.74, 6) is 1.46. The summed E-state index contributed by atoms with van der Waals surface area (Å²) in [5.41, 5.74) is 2.73. The summed E-state index contributed by atoms with van der Waals surface area (Å²) in [6, 6.07) is 22.0. The Bertz CT molecular complexity index is 590. The second-order valence-corrected chi connectivity index (χ2v) is 6.43. The predicted octanol–water partition coefficient (Wildman–Crippen LogP) is 5.04. The minimum Gasteiger partial charge on any atom is -0.499 e. The van der Waals surface area contributed by atoms with E-state index in [0.717, 1.165) is 38.3 Å². The minimum atomic E-state index is 0.328. The average molecular weight is 321 g/mol. The van der Waals surface area contributed by atoms with Gasteiger partial charge >= 0.3 is 0 Å². The first-order chi connectivity index (χ1) is 11.8. The Morgan fingerprint density at radius 2 is 1.50 bits per heavy atom. The van der Waals surface area contributed by atoms with Crippen molar-refractivity contribution in [2.75, 3.05) is 19.7 Å². The number of likely N-dealkylation sites (tertiary alicyclic amines) is 1. The van der Waals surface area contributed by atoms with Crippen molar-refractivity contribution in [1.29, 1.82) is 0 Å². The molecule has 0 atom stereocenters. The number of nitrogens with zero attached hydrogens (tertiary/aromatic N) is 1. The molecule has 24 heavy (non-hydrogen) atoms. The summed E-state index contributed by atoms with van der Waals surface area (Å²) >= 11 is 0. The average Bonchev–Trinajstić information content (AvgIpc) is 2.64. The maximum Gasteiger partial charge on any atom is 0.0919 e. The minimum absolute atomic E-state index is 0.328. The highest BCUT2D eigenvalue weighted by Crippen LogP contribution is 2.34. The van der Waals surface area contributed by atoms with Gasteiger partial charge in [-0.1, -0.05) is 67.2 Å². The molecule has 1 heterocycles. The standard InChI is InChI=1S/C22H27NO/c1-3-24-18(2)19-14-16-23(17-15-19)22(20-10-6-4-7-11-20)21-12-8-5-9-13-21/h4-13,19,22H,2-3,14-17H2,1H3. The number of benzene rings is 2. The Hall–Kier alpha value is -2.06. The normalized spacial score (nSPS) is 16.2. The van der Waals surface area contributed by atoms with Crippen molar-refractivity contribution in [1.82, 2.24) is 4.90 Å². The molecule has 2 heteroatoms. The molecular weight excluding hydrogens is 294 g/mol. The number of hydrogen-bond acceptors (Lipinski definition) is 2. The van der Waals surface area contributed by atoms with Gasteiger partial charge in [0, 0.05) is 5.92 Å². The Labute approximate surface area is 145 Å². The fraction of sp³-hybridized carbons (Fsp3) is 0.364. The zero-order valence-corrected chi connectivity index (χ0v) is 14.5. The maximum absolute atomic E-state index is 5.63.